The molecule has 1 saturated carbocycles. The van der Waals surface area contributed by atoms with Crippen LogP contribution in [0.25, 0.3) is 6.08 Å². The van der Waals surface area contributed by atoms with Crippen LogP contribution in [0.2, 0.25) is 0 Å². The quantitative estimate of drug-likeness (QED) is 0.748. The van der Waals surface area contributed by atoms with E-state index in [4.69, 9.17) is 0 Å². The van der Waals surface area contributed by atoms with Crippen LogP contribution < -0.4 is 5.32 Å². The number of amides is 1. The number of thiophene rings is 1. The van der Waals surface area contributed by atoms with Crippen molar-refractivity contribution in [2.45, 2.75) is 38.1 Å². The molecule has 2 aromatic heterocycles. The zero-order chi connectivity index (χ0) is 15.6. The van der Waals surface area contributed by atoms with Crippen molar-refractivity contribution in [3.8, 4) is 0 Å². The number of hydrogen-bond acceptors (Lipinski definition) is 4. The fourth-order valence-corrected chi connectivity index (χ4v) is 5.14. The number of carbonyl (C=O) groups is 1. The molecule has 0 aromatic carbocycles. The lowest BCUT2D eigenvalue weighted by molar-refractivity contribution is -0.118. The second kappa shape index (κ2) is 6.64. The standard InChI is InChI=1S/C16H17BrN2OS2/c1-11-10-21-15(18-11)16(8-2-3-9-16)19-14(20)7-5-12-4-6-13(17)22-12/h4-7,10H,2-3,8-9H2,1H3,(H,19,20). The summed E-state index contributed by atoms with van der Waals surface area (Å²) in [6, 6.07) is 3.98. The van der Waals surface area contributed by atoms with Crippen molar-refractivity contribution in [1.29, 1.82) is 0 Å². The summed E-state index contributed by atoms with van der Waals surface area (Å²) in [5.41, 5.74) is 0.760. The van der Waals surface area contributed by atoms with Crippen LogP contribution in [0.15, 0.2) is 27.4 Å². The molecule has 0 atom stereocenters. The van der Waals surface area contributed by atoms with Gasteiger partial charge in [0, 0.05) is 22.0 Å². The van der Waals surface area contributed by atoms with Crippen molar-refractivity contribution in [1.82, 2.24) is 10.3 Å². The lowest BCUT2D eigenvalue weighted by Gasteiger charge is -2.27. The first-order valence-corrected chi connectivity index (χ1v) is 9.74. The molecule has 0 spiro atoms. The molecule has 116 valence electrons. The molecule has 0 aliphatic heterocycles. The minimum atomic E-state index is -0.267. The van der Waals surface area contributed by atoms with Crippen molar-refractivity contribution >= 4 is 50.6 Å². The molecule has 0 bridgehead atoms. The molecule has 22 heavy (non-hydrogen) atoms. The van der Waals surface area contributed by atoms with Crippen LogP contribution in [0, 0.1) is 6.92 Å². The Balaban J connectivity index is 1.74. The number of thiazole rings is 1. The summed E-state index contributed by atoms with van der Waals surface area (Å²) in [7, 11) is 0. The topological polar surface area (TPSA) is 42.0 Å². The van der Waals surface area contributed by atoms with E-state index in [9.17, 15) is 4.79 Å². The molecule has 1 aliphatic rings. The average molecular weight is 397 g/mol. The summed E-state index contributed by atoms with van der Waals surface area (Å²) >= 11 is 6.69. The number of nitrogens with one attached hydrogen (secondary N) is 1. The molecular formula is C16H17BrN2OS2. The van der Waals surface area contributed by atoms with E-state index < -0.39 is 0 Å². The maximum Gasteiger partial charge on any atom is 0.244 e. The Labute approximate surface area is 146 Å². The molecule has 3 nitrogen and oxygen atoms in total. The van der Waals surface area contributed by atoms with Crippen LogP contribution in [-0.4, -0.2) is 10.9 Å². The molecule has 2 heterocycles. The molecule has 0 radical (unpaired) electrons. The van der Waals surface area contributed by atoms with Gasteiger partial charge in [-0.25, -0.2) is 4.98 Å². The Morgan fingerprint density at radius 2 is 2.18 bits per heavy atom. The molecule has 1 amide bonds. The van der Waals surface area contributed by atoms with Gasteiger partial charge in [-0.15, -0.1) is 22.7 Å². The van der Waals surface area contributed by atoms with Gasteiger partial charge in [-0.3, -0.25) is 4.79 Å². The molecular weight excluding hydrogens is 380 g/mol. The Morgan fingerprint density at radius 3 is 2.77 bits per heavy atom. The van der Waals surface area contributed by atoms with E-state index in [1.165, 1.54) is 0 Å². The van der Waals surface area contributed by atoms with Crippen LogP contribution in [0.3, 0.4) is 0 Å². The van der Waals surface area contributed by atoms with Crippen LogP contribution >= 0.6 is 38.6 Å². The van der Waals surface area contributed by atoms with Gasteiger partial charge in [-0.05, 0) is 53.9 Å². The summed E-state index contributed by atoms with van der Waals surface area (Å²) in [6.07, 6.45) is 7.72. The summed E-state index contributed by atoms with van der Waals surface area (Å²) < 4.78 is 1.07. The number of aryl methyl sites for hydroxylation is 1. The fourth-order valence-electron chi connectivity index (χ4n) is 2.80. The summed E-state index contributed by atoms with van der Waals surface area (Å²) in [5.74, 6) is -0.0423. The van der Waals surface area contributed by atoms with E-state index in [1.54, 1.807) is 28.7 Å². The highest BCUT2D eigenvalue weighted by Gasteiger charge is 2.39. The third kappa shape index (κ3) is 3.50. The number of rotatable bonds is 4. The van der Waals surface area contributed by atoms with E-state index in [2.05, 4.69) is 31.6 Å². The van der Waals surface area contributed by atoms with Gasteiger partial charge in [-0.1, -0.05) is 12.8 Å². The Bertz CT molecular complexity index is 699. The zero-order valence-electron chi connectivity index (χ0n) is 12.3. The van der Waals surface area contributed by atoms with Gasteiger partial charge >= 0.3 is 0 Å². The third-order valence-corrected chi connectivity index (χ3v) is 6.59. The number of nitrogens with zero attached hydrogens (tertiary/aromatic N) is 1. The van der Waals surface area contributed by atoms with Crippen molar-refractivity contribution < 1.29 is 4.79 Å². The molecule has 2 aromatic rings. The van der Waals surface area contributed by atoms with Crippen molar-refractivity contribution in [2.75, 3.05) is 0 Å². The SMILES string of the molecule is Cc1csc(C2(NC(=O)C=Cc3ccc(Br)s3)CCCC2)n1. The first kappa shape index (κ1) is 15.9. The second-order valence-corrected chi connectivity index (χ2v) is 8.90. The smallest absolute Gasteiger partial charge is 0.244 e. The Morgan fingerprint density at radius 1 is 1.41 bits per heavy atom. The summed E-state index contributed by atoms with van der Waals surface area (Å²) in [6.45, 7) is 2.00. The highest BCUT2D eigenvalue weighted by atomic mass is 79.9. The van der Waals surface area contributed by atoms with Crippen molar-refractivity contribution in [3.63, 3.8) is 0 Å². The Kier molecular flexibility index (Phi) is 4.80. The molecule has 6 heteroatoms. The fraction of sp³-hybridized carbons (Fsp3) is 0.375. The molecule has 0 saturated heterocycles. The first-order chi connectivity index (χ1) is 10.6. The van der Waals surface area contributed by atoms with E-state index in [1.807, 2.05) is 25.1 Å². The molecule has 1 N–H and O–H groups in total. The predicted octanol–water partition coefficient (Wildman–Crippen LogP) is 4.87. The molecule has 3 rings (SSSR count). The molecule has 1 aliphatic carbocycles. The largest absolute Gasteiger partial charge is 0.341 e. The molecule has 1 fully saturated rings. The third-order valence-electron chi connectivity index (χ3n) is 3.84. The van der Waals surface area contributed by atoms with Crippen molar-refractivity contribution in [2.24, 2.45) is 0 Å². The predicted molar refractivity (Wildman–Crippen MR) is 96.2 cm³/mol. The number of carbonyl (C=O) groups excluding carboxylic acids is 1. The normalized spacial score (nSPS) is 17.2. The summed E-state index contributed by atoms with van der Waals surface area (Å²) in [5, 5.41) is 6.31. The summed E-state index contributed by atoms with van der Waals surface area (Å²) in [4.78, 5) is 18.0. The average Bonchev–Trinajstić information content (AvgIpc) is 3.19. The van der Waals surface area contributed by atoms with E-state index in [0.717, 1.165) is 45.0 Å². The lowest BCUT2D eigenvalue weighted by atomic mass is 9.98. The Hall–Kier alpha value is -0.980. The van der Waals surface area contributed by atoms with Gasteiger partial charge in [0.2, 0.25) is 5.91 Å². The van der Waals surface area contributed by atoms with Gasteiger partial charge in [0.05, 0.1) is 9.33 Å². The van der Waals surface area contributed by atoms with E-state index >= 15 is 0 Å². The number of aromatic nitrogens is 1. The lowest BCUT2D eigenvalue weighted by Crippen LogP contribution is -2.43. The maximum atomic E-state index is 12.3. The van der Waals surface area contributed by atoms with Crippen LogP contribution in [0.1, 0.15) is 41.3 Å². The highest BCUT2D eigenvalue weighted by Crippen LogP contribution is 2.40. The van der Waals surface area contributed by atoms with Crippen LogP contribution in [0.4, 0.5) is 0 Å². The van der Waals surface area contributed by atoms with Gasteiger partial charge in [-0.2, -0.15) is 0 Å². The van der Waals surface area contributed by atoms with E-state index in [-0.39, 0.29) is 11.4 Å². The first-order valence-electron chi connectivity index (χ1n) is 7.26. The second-order valence-electron chi connectivity index (χ2n) is 5.55. The van der Waals surface area contributed by atoms with E-state index in [0.29, 0.717) is 0 Å². The van der Waals surface area contributed by atoms with Gasteiger partial charge in [0.15, 0.2) is 0 Å². The van der Waals surface area contributed by atoms with Gasteiger partial charge < -0.3 is 5.32 Å². The van der Waals surface area contributed by atoms with Crippen LogP contribution in [-0.2, 0) is 10.3 Å². The monoisotopic (exact) mass is 396 g/mol. The minimum absolute atomic E-state index is 0.0423. The number of hydrogen-bond donors (Lipinski definition) is 1. The molecule has 0 unspecified atom stereocenters. The highest BCUT2D eigenvalue weighted by molar-refractivity contribution is 9.11. The van der Waals surface area contributed by atoms with Crippen molar-refractivity contribution in [3.05, 3.63) is 43.0 Å². The zero-order valence-corrected chi connectivity index (χ0v) is 15.5. The van der Waals surface area contributed by atoms with Crippen LogP contribution in [0.5, 0.6) is 0 Å². The van der Waals surface area contributed by atoms with Gasteiger partial charge in [0.25, 0.3) is 0 Å². The minimum Gasteiger partial charge on any atom is -0.341 e. The maximum absolute atomic E-state index is 12.3. The van der Waals surface area contributed by atoms with Gasteiger partial charge in [0.1, 0.15) is 5.01 Å². The number of halogens is 1.